The molecule has 0 aromatic carbocycles. The molecule has 0 aromatic rings. The Morgan fingerprint density at radius 2 is 2.36 bits per heavy atom. The molecule has 14 heavy (non-hydrogen) atoms. The predicted molar refractivity (Wildman–Crippen MR) is 55.2 cm³/mol. The van der Waals surface area contributed by atoms with Crippen LogP contribution < -0.4 is 10.6 Å². The summed E-state index contributed by atoms with van der Waals surface area (Å²) in [5.74, 6) is 0.547. The van der Waals surface area contributed by atoms with E-state index in [0.717, 1.165) is 32.6 Å². The van der Waals surface area contributed by atoms with Gasteiger partial charge in [-0.3, -0.25) is 0 Å². The van der Waals surface area contributed by atoms with Gasteiger partial charge in [-0.1, -0.05) is 13.8 Å². The number of nitrogens with zero attached hydrogens (tertiary/aromatic N) is 1. The summed E-state index contributed by atoms with van der Waals surface area (Å²) in [6.45, 7) is 7.98. The van der Waals surface area contributed by atoms with Crippen molar-refractivity contribution in [2.24, 2.45) is 5.92 Å². The molecule has 0 aliphatic carbocycles. The monoisotopic (exact) mass is 197 g/mol. The van der Waals surface area contributed by atoms with Crippen LogP contribution >= 0.6 is 0 Å². The molecule has 2 fully saturated rings. The second-order valence-corrected chi connectivity index (χ2v) is 4.91. The number of carbonyl (C=O) groups excluding carboxylic acids is 1. The van der Waals surface area contributed by atoms with E-state index in [1.807, 2.05) is 4.90 Å². The van der Waals surface area contributed by atoms with Gasteiger partial charge in [0.15, 0.2) is 0 Å². The van der Waals surface area contributed by atoms with Crippen LogP contribution in [0.25, 0.3) is 0 Å². The number of urea groups is 1. The minimum absolute atomic E-state index is 0.0337. The van der Waals surface area contributed by atoms with Gasteiger partial charge in [-0.25, -0.2) is 4.79 Å². The van der Waals surface area contributed by atoms with Gasteiger partial charge in [0.05, 0.1) is 5.54 Å². The summed E-state index contributed by atoms with van der Waals surface area (Å²) in [6, 6.07) is 0.113. The zero-order valence-electron chi connectivity index (χ0n) is 8.97. The number of nitrogens with one attached hydrogen (secondary N) is 2. The molecule has 2 amide bonds. The number of rotatable bonds is 2. The molecule has 2 N–H and O–H groups in total. The molecule has 2 saturated heterocycles. The fraction of sp³-hybridized carbons (Fsp3) is 0.900. The normalized spacial score (nSPS) is 31.9. The van der Waals surface area contributed by atoms with Gasteiger partial charge in [0, 0.05) is 19.6 Å². The first-order chi connectivity index (χ1) is 6.61. The maximum Gasteiger partial charge on any atom is 0.318 e. The molecule has 4 heteroatoms. The smallest absolute Gasteiger partial charge is 0.318 e. The quantitative estimate of drug-likeness (QED) is 0.673. The van der Waals surface area contributed by atoms with Gasteiger partial charge < -0.3 is 15.5 Å². The Labute approximate surface area is 85.0 Å². The molecule has 2 aliphatic heterocycles. The molecule has 4 nitrogen and oxygen atoms in total. The van der Waals surface area contributed by atoms with Crippen LogP contribution in [-0.2, 0) is 0 Å². The van der Waals surface area contributed by atoms with E-state index in [-0.39, 0.29) is 11.6 Å². The van der Waals surface area contributed by atoms with Crippen LogP contribution in [0, 0.1) is 5.92 Å². The van der Waals surface area contributed by atoms with Crippen molar-refractivity contribution in [3.8, 4) is 0 Å². The zero-order chi connectivity index (χ0) is 10.2. The number of hydrogen-bond donors (Lipinski definition) is 2. The molecule has 2 aliphatic rings. The first-order valence-corrected chi connectivity index (χ1v) is 5.39. The Balaban J connectivity index is 1.99. The van der Waals surface area contributed by atoms with Crippen molar-refractivity contribution in [1.82, 2.24) is 15.5 Å². The Bertz CT molecular complexity index is 234. The average molecular weight is 197 g/mol. The van der Waals surface area contributed by atoms with Crippen LogP contribution in [0.5, 0.6) is 0 Å². The van der Waals surface area contributed by atoms with E-state index in [9.17, 15) is 4.79 Å². The SMILES string of the molecule is CC(C)CN1CC2(CCNC2)NC1=O. The van der Waals surface area contributed by atoms with E-state index in [4.69, 9.17) is 0 Å². The Kier molecular flexibility index (Phi) is 2.39. The van der Waals surface area contributed by atoms with E-state index < -0.39 is 0 Å². The molecular weight excluding hydrogens is 178 g/mol. The van der Waals surface area contributed by atoms with E-state index in [1.165, 1.54) is 0 Å². The number of hydrogen-bond acceptors (Lipinski definition) is 2. The summed E-state index contributed by atoms with van der Waals surface area (Å²) in [5.41, 5.74) is 0.0337. The summed E-state index contributed by atoms with van der Waals surface area (Å²) < 4.78 is 0. The molecule has 0 radical (unpaired) electrons. The second kappa shape index (κ2) is 3.42. The predicted octanol–water partition coefficient (Wildman–Crippen LogP) is 0.400. The first-order valence-electron chi connectivity index (χ1n) is 5.39. The van der Waals surface area contributed by atoms with Gasteiger partial charge in [0.25, 0.3) is 0 Å². The molecule has 0 aromatic heterocycles. The third-order valence-electron chi connectivity index (χ3n) is 2.98. The van der Waals surface area contributed by atoms with Crippen LogP contribution in [-0.4, -0.2) is 42.6 Å². The Hall–Kier alpha value is -0.770. The van der Waals surface area contributed by atoms with Crippen molar-refractivity contribution in [1.29, 1.82) is 0 Å². The summed E-state index contributed by atoms with van der Waals surface area (Å²) >= 11 is 0. The lowest BCUT2D eigenvalue weighted by Crippen LogP contribution is -2.45. The highest BCUT2D eigenvalue weighted by atomic mass is 16.2. The van der Waals surface area contributed by atoms with Crippen LogP contribution in [0.15, 0.2) is 0 Å². The average Bonchev–Trinajstić information content (AvgIpc) is 2.61. The minimum Gasteiger partial charge on any atom is -0.329 e. The van der Waals surface area contributed by atoms with Gasteiger partial charge in [-0.15, -0.1) is 0 Å². The third kappa shape index (κ3) is 1.71. The standard InChI is InChI=1S/C10H19N3O/c1-8(2)5-13-7-10(12-9(13)14)3-4-11-6-10/h8,11H,3-7H2,1-2H3,(H,12,14). The van der Waals surface area contributed by atoms with Gasteiger partial charge in [-0.2, -0.15) is 0 Å². The largest absolute Gasteiger partial charge is 0.329 e. The zero-order valence-corrected chi connectivity index (χ0v) is 8.97. The topological polar surface area (TPSA) is 44.4 Å². The summed E-state index contributed by atoms with van der Waals surface area (Å²) in [5, 5.41) is 6.42. The molecular formula is C10H19N3O. The van der Waals surface area contributed by atoms with Crippen molar-refractivity contribution < 1.29 is 4.79 Å². The van der Waals surface area contributed by atoms with Gasteiger partial charge in [-0.05, 0) is 18.9 Å². The second-order valence-electron chi connectivity index (χ2n) is 4.91. The maximum absolute atomic E-state index is 11.7. The molecule has 2 heterocycles. The molecule has 1 unspecified atom stereocenters. The highest BCUT2D eigenvalue weighted by Gasteiger charge is 2.44. The molecule has 1 spiro atoms. The lowest BCUT2D eigenvalue weighted by atomic mass is 10.00. The van der Waals surface area contributed by atoms with Crippen molar-refractivity contribution in [3.05, 3.63) is 0 Å². The van der Waals surface area contributed by atoms with Gasteiger partial charge in [0.2, 0.25) is 0 Å². The minimum atomic E-state index is 0.0337. The van der Waals surface area contributed by atoms with E-state index in [2.05, 4.69) is 24.5 Å². The Morgan fingerprint density at radius 1 is 1.57 bits per heavy atom. The molecule has 2 rings (SSSR count). The van der Waals surface area contributed by atoms with Gasteiger partial charge in [0.1, 0.15) is 0 Å². The van der Waals surface area contributed by atoms with Crippen LogP contribution in [0.4, 0.5) is 4.79 Å². The van der Waals surface area contributed by atoms with E-state index >= 15 is 0 Å². The molecule has 80 valence electrons. The van der Waals surface area contributed by atoms with E-state index in [1.54, 1.807) is 0 Å². The summed E-state index contributed by atoms with van der Waals surface area (Å²) in [4.78, 5) is 13.6. The molecule has 0 saturated carbocycles. The van der Waals surface area contributed by atoms with Crippen LogP contribution in [0.2, 0.25) is 0 Å². The third-order valence-corrected chi connectivity index (χ3v) is 2.98. The fourth-order valence-corrected chi connectivity index (χ4v) is 2.36. The molecule has 1 atom stereocenters. The highest BCUT2D eigenvalue weighted by molar-refractivity contribution is 5.78. The van der Waals surface area contributed by atoms with Crippen molar-refractivity contribution in [3.63, 3.8) is 0 Å². The maximum atomic E-state index is 11.7. The highest BCUT2D eigenvalue weighted by Crippen LogP contribution is 2.22. The Morgan fingerprint density at radius 3 is 2.93 bits per heavy atom. The fourth-order valence-electron chi connectivity index (χ4n) is 2.36. The lowest BCUT2D eigenvalue weighted by Gasteiger charge is -2.22. The van der Waals surface area contributed by atoms with Crippen molar-refractivity contribution in [2.45, 2.75) is 25.8 Å². The first kappa shape index (κ1) is 9.77. The summed E-state index contributed by atoms with van der Waals surface area (Å²) in [6.07, 6.45) is 1.06. The van der Waals surface area contributed by atoms with Gasteiger partial charge >= 0.3 is 6.03 Å². The lowest BCUT2D eigenvalue weighted by molar-refractivity contribution is 0.211. The van der Waals surface area contributed by atoms with Crippen molar-refractivity contribution in [2.75, 3.05) is 26.2 Å². The molecule has 0 bridgehead atoms. The van der Waals surface area contributed by atoms with E-state index in [0.29, 0.717) is 5.92 Å². The summed E-state index contributed by atoms with van der Waals surface area (Å²) in [7, 11) is 0. The van der Waals surface area contributed by atoms with Crippen LogP contribution in [0.3, 0.4) is 0 Å². The number of carbonyl (C=O) groups is 1. The number of amides is 2. The van der Waals surface area contributed by atoms with Crippen LogP contribution in [0.1, 0.15) is 20.3 Å². The van der Waals surface area contributed by atoms with Crippen molar-refractivity contribution >= 4 is 6.03 Å².